The number of rotatable bonds is 3. The molecule has 0 N–H and O–H groups in total. The van der Waals surface area contributed by atoms with E-state index in [-0.39, 0.29) is 0 Å². The van der Waals surface area contributed by atoms with Gasteiger partial charge in [-0.05, 0) is 56.3 Å². The molecule has 0 unspecified atom stereocenters. The van der Waals surface area contributed by atoms with Crippen molar-refractivity contribution in [3.63, 3.8) is 0 Å². The fourth-order valence-electron chi connectivity index (χ4n) is 4.71. The first-order valence-corrected chi connectivity index (χ1v) is 10.00. The van der Waals surface area contributed by atoms with Gasteiger partial charge in [-0.3, -0.25) is 4.90 Å². The molecule has 3 nitrogen and oxygen atoms in total. The van der Waals surface area contributed by atoms with Crippen molar-refractivity contribution in [2.75, 3.05) is 33.2 Å². The third kappa shape index (κ3) is 3.56. The van der Waals surface area contributed by atoms with E-state index in [1.54, 1.807) is 11.3 Å². The van der Waals surface area contributed by atoms with Crippen molar-refractivity contribution in [3.05, 3.63) is 52.5 Å². The lowest BCUT2D eigenvalue weighted by molar-refractivity contribution is 0.0215. The summed E-state index contributed by atoms with van der Waals surface area (Å²) in [5.74, 6) is 0.690. The molecular weight excluding hydrogens is 314 g/mol. The van der Waals surface area contributed by atoms with Crippen LogP contribution in [-0.2, 0) is 6.54 Å². The van der Waals surface area contributed by atoms with Crippen LogP contribution < -0.4 is 0 Å². The monoisotopic (exact) mass is 341 g/mol. The van der Waals surface area contributed by atoms with Gasteiger partial charge in [-0.25, -0.2) is 4.98 Å². The number of hydrogen-bond donors (Lipinski definition) is 0. The minimum absolute atomic E-state index is 0.506. The zero-order chi connectivity index (χ0) is 16.4. The largest absolute Gasteiger partial charge is 0.305 e. The van der Waals surface area contributed by atoms with Crippen molar-refractivity contribution < 1.29 is 0 Å². The van der Waals surface area contributed by atoms with E-state index in [1.807, 2.05) is 5.51 Å². The summed E-state index contributed by atoms with van der Waals surface area (Å²) in [6.07, 6.45) is 4.00. The van der Waals surface area contributed by atoms with Crippen molar-refractivity contribution >= 4 is 11.3 Å². The highest BCUT2D eigenvalue weighted by atomic mass is 32.1. The van der Waals surface area contributed by atoms with E-state index < -0.39 is 0 Å². The molecule has 128 valence electrons. The Hall–Kier alpha value is -1.23. The Kier molecular flexibility index (Phi) is 4.70. The van der Waals surface area contributed by atoms with Crippen LogP contribution in [-0.4, -0.2) is 48.0 Å². The number of benzene rings is 1. The highest BCUT2D eigenvalue weighted by molar-refractivity contribution is 7.07. The zero-order valence-electron chi connectivity index (χ0n) is 14.5. The first-order chi connectivity index (χ1) is 11.7. The molecule has 2 fully saturated rings. The quantitative estimate of drug-likeness (QED) is 0.845. The fraction of sp³-hybridized carbons (Fsp3) is 0.550. The van der Waals surface area contributed by atoms with Crippen LogP contribution in [0.1, 0.15) is 36.4 Å². The summed E-state index contributed by atoms with van der Waals surface area (Å²) in [4.78, 5) is 9.60. The number of likely N-dealkylation sites (tertiary alicyclic amines) is 2. The lowest BCUT2D eigenvalue weighted by Crippen LogP contribution is -2.50. The maximum Gasteiger partial charge on any atom is 0.0795 e. The number of aromatic nitrogens is 1. The van der Waals surface area contributed by atoms with Gasteiger partial charge >= 0.3 is 0 Å². The molecule has 24 heavy (non-hydrogen) atoms. The highest BCUT2D eigenvalue weighted by Crippen LogP contribution is 2.44. The maximum atomic E-state index is 4.45. The first kappa shape index (κ1) is 16.2. The predicted octanol–water partition coefficient (Wildman–Crippen LogP) is 3.84. The van der Waals surface area contributed by atoms with E-state index in [0.717, 1.165) is 6.54 Å². The standard InChI is InChI=1S/C20H27N3S/c1-22-12-18(17-5-3-2-4-6-17)11-20(15-22)7-9-23(10-8-20)13-19-14-24-16-21-19/h2-6,14,16,18H,7-13,15H2,1H3/t18-/m0/s1. The SMILES string of the molecule is CN1C[C@@H](c2ccccc2)CC2(CCN(Cc3cscn3)CC2)C1. The van der Waals surface area contributed by atoms with Crippen molar-refractivity contribution in [1.82, 2.24) is 14.8 Å². The Morgan fingerprint density at radius 3 is 2.71 bits per heavy atom. The molecule has 2 aliphatic rings. The van der Waals surface area contributed by atoms with Crippen molar-refractivity contribution in [2.24, 2.45) is 5.41 Å². The predicted molar refractivity (Wildman–Crippen MR) is 100 cm³/mol. The molecule has 3 heterocycles. The lowest BCUT2D eigenvalue weighted by Gasteiger charge is -2.49. The smallest absolute Gasteiger partial charge is 0.0795 e. The molecule has 1 aromatic heterocycles. The van der Waals surface area contributed by atoms with Crippen LogP contribution in [0.3, 0.4) is 0 Å². The third-order valence-electron chi connectivity index (χ3n) is 5.87. The Morgan fingerprint density at radius 2 is 2.00 bits per heavy atom. The van der Waals surface area contributed by atoms with Gasteiger partial charge in [0.2, 0.25) is 0 Å². The lowest BCUT2D eigenvalue weighted by atomic mass is 9.68. The number of likely N-dealkylation sites (N-methyl/N-ethyl adjacent to an activating group) is 1. The molecule has 0 aliphatic carbocycles. The highest BCUT2D eigenvalue weighted by Gasteiger charge is 2.41. The van der Waals surface area contributed by atoms with Crippen molar-refractivity contribution in [1.29, 1.82) is 0 Å². The van der Waals surface area contributed by atoms with Crippen LogP contribution in [0.25, 0.3) is 0 Å². The van der Waals surface area contributed by atoms with Crippen LogP contribution in [0, 0.1) is 5.41 Å². The van der Waals surface area contributed by atoms with Gasteiger partial charge in [-0.15, -0.1) is 11.3 Å². The molecule has 2 aromatic rings. The average Bonchev–Trinajstić information content (AvgIpc) is 3.10. The number of nitrogens with zero attached hydrogens (tertiary/aromatic N) is 3. The summed E-state index contributed by atoms with van der Waals surface area (Å²) in [6, 6.07) is 11.1. The molecule has 0 bridgehead atoms. The Morgan fingerprint density at radius 1 is 1.21 bits per heavy atom. The fourth-order valence-corrected chi connectivity index (χ4v) is 5.26. The van der Waals surface area contributed by atoms with Crippen LogP contribution in [0.4, 0.5) is 0 Å². The first-order valence-electron chi connectivity index (χ1n) is 9.05. The van der Waals surface area contributed by atoms with Crippen LogP contribution in [0.5, 0.6) is 0 Å². The zero-order valence-corrected chi connectivity index (χ0v) is 15.3. The second kappa shape index (κ2) is 6.95. The van der Waals surface area contributed by atoms with Crippen LogP contribution in [0.15, 0.2) is 41.2 Å². The van der Waals surface area contributed by atoms with Gasteiger partial charge in [0.15, 0.2) is 0 Å². The van der Waals surface area contributed by atoms with Gasteiger partial charge in [0.05, 0.1) is 11.2 Å². The normalized spacial score (nSPS) is 25.1. The molecule has 2 aliphatic heterocycles. The summed E-state index contributed by atoms with van der Waals surface area (Å²) >= 11 is 1.70. The summed E-state index contributed by atoms with van der Waals surface area (Å²) < 4.78 is 0. The van der Waals surface area contributed by atoms with Crippen molar-refractivity contribution in [2.45, 2.75) is 31.7 Å². The van der Waals surface area contributed by atoms with Gasteiger partial charge in [-0.2, -0.15) is 0 Å². The Balaban J connectivity index is 1.41. The molecule has 1 spiro atoms. The Bertz CT molecular complexity index is 632. The number of piperidine rings is 2. The average molecular weight is 342 g/mol. The molecule has 1 atom stereocenters. The van der Waals surface area contributed by atoms with E-state index >= 15 is 0 Å². The topological polar surface area (TPSA) is 19.4 Å². The molecular formula is C20H27N3S. The van der Waals surface area contributed by atoms with Gasteiger partial charge in [0.25, 0.3) is 0 Å². The van der Waals surface area contributed by atoms with Crippen LogP contribution in [0.2, 0.25) is 0 Å². The molecule has 0 radical (unpaired) electrons. The molecule has 0 saturated carbocycles. The van der Waals surface area contributed by atoms with E-state index in [2.05, 4.69) is 57.5 Å². The van der Waals surface area contributed by atoms with Crippen LogP contribution >= 0.6 is 11.3 Å². The summed E-state index contributed by atoms with van der Waals surface area (Å²) in [7, 11) is 2.30. The second-order valence-corrected chi connectivity index (χ2v) is 8.48. The van der Waals surface area contributed by atoms with Gasteiger partial charge in [0.1, 0.15) is 0 Å². The van der Waals surface area contributed by atoms with E-state index in [0.29, 0.717) is 11.3 Å². The molecule has 4 heteroatoms. The Labute approximate surface area is 149 Å². The number of hydrogen-bond acceptors (Lipinski definition) is 4. The summed E-state index contributed by atoms with van der Waals surface area (Å²) in [6.45, 7) is 5.92. The summed E-state index contributed by atoms with van der Waals surface area (Å²) in [5, 5.41) is 2.18. The number of thiazole rings is 1. The molecule has 0 amide bonds. The van der Waals surface area contributed by atoms with Crippen molar-refractivity contribution in [3.8, 4) is 0 Å². The molecule has 4 rings (SSSR count). The minimum Gasteiger partial charge on any atom is -0.305 e. The van der Waals surface area contributed by atoms with E-state index in [1.165, 1.54) is 56.7 Å². The van der Waals surface area contributed by atoms with E-state index in [9.17, 15) is 0 Å². The maximum absolute atomic E-state index is 4.45. The van der Waals surface area contributed by atoms with Gasteiger partial charge in [-0.1, -0.05) is 30.3 Å². The third-order valence-corrected chi connectivity index (χ3v) is 6.51. The summed E-state index contributed by atoms with van der Waals surface area (Å²) in [5.41, 5.74) is 5.21. The van der Waals surface area contributed by atoms with Gasteiger partial charge < -0.3 is 4.90 Å². The van der Waals surface area contributed by atoms with Gasteiger partial charge in [0, 0.05) is 25.0 Å². The second-order valence-electron chi connectivity index (χ2n) is 7.76. The van der Waals surface area contributed by atoms with E-state index in [4.69, 9.17) is 0 Å². The molecule has 2 saturated heterocycles. The minimum atomic E-state index is 0.506. The molecule has 1 aromatic carbocycles.